The van der Waals surface area contributed by atoms with Gasteiger partial charge in [0.1, 0.15) is 0 Å². The third kappa shape index (κ3) is 6.14. The molecule has 0 aliphatic carbocycles. The van der Waals surface area contributed by atoms with Crippen LogP contribution in [0.5, 0.6) is 0 Å². The van der Waals surface area contributed by atoms with Gasteiger partial charge in [0.15, 0.2) is 0 Å². The van der Waals surface area contributed by atoms with Crippen LogP contribution in [0.25, 0.3) is 0 Å². The number of nitrogens with zero attached hydrogens (tertiary/aromatic N) is 1. The molecule has 0 spiro atoms. The molecular formula is C19H31Cl2N3O. The van der Waals surface area contributed by atoms with Gasteiger partial charge in [-0.25, -0.2) is 0 Å². The van der Waals surface area contributed by atoms with Crippen molar-refractivity contribution in [1.29, 1.82) is 0 Å². The molecule has 25 heavy (non-hydrogen) atoms. The molecule has 1 unspecified atom stereocenters. The summed E-state index contributed by atoms with van der Waals surface area (Å²) in [5, 5.41) is 6.59. The molecule has 4 nitrogen and oxygen atoms in total. The Morgan fingerprint density at radius 1 is 1.12 bits per heavy atom. The predicted molar refractivity (Wildman–Crippen MR) is 108 cm³/mol. The van der Waals surface area contributed by atoms with Gasteiger partial charge in [0.2, 0.25) is 5.91 Å². The molecule has 2 saturated heterocycles. The monoisotopic (exact) mass is 387 g/mol. The number of likely N-dealkylation sites (tertiary alicyclic amines) is 1. The van der Waals surface area contributed by atoms with Crippen LogP contribution < -0.4 is 10.6 Å². The van der Waals surface area contributed by atoms with E-state index >= 15 is 0 Å². The van der Waals surface area contributed by atoms with E-state index < -0.39 is 0 Å². The van der Waals surface area contributed by atoms with Crippen LogP contribution in [-0.2, 0) is 4.79 Å². The van der Waals surface area contributed by atoms with Crippen LogP contribution in [0.1, 0.15) is 50.6 Å². The summed E-state index contributed by atoms with van der Waals surface area (Å²) in [5.74, 6) is 0.208. The molecule has 2 heterocycles. The second kappa shape index (κ2) is 11.0. The van der Waals surface area contributed by atoms with E-state index in [1.807, 2.05) is 0 Å². The first-order valence-electron chi connectivity index (χ1n) is 9.07. The Balaban J connectivity index is 0.00000156. The molecule has 142 valence electrons. The minimum Gasteiger partial charge on any atom is -0.352 e. The smallest absolute Gasteiger partial charge is 0.237 e. The van der Waals surface area contributed by atoms with Gasteiger partial charge in [-0.2, -0.15) is 0 Å². The van der Waals surface area contributed by atoms with E-state index in [0.717, 1.165) is 45.3 Å². The third-order valence-corrected chi connectivity index (χ3v) is 5.33. The number of amides is 1. The van der Waals surface area contributed by atoms with Crippen molar-refractivity contribution in [2.45, 2.75) is 57.2 Å². The Kier molecular flexibility index (Phi) is 9.80. The van der Waals surface area contributed by atoms with E-state index in [1.165, 1.54) is 12.0 Å². The summed E-state index contributed by atoms with van der Waals surface area (Å²) >= 11 is 0. The lowest BCUT2D eigenvalue weighted by Crippen LogP contribution is -2.52. The van der Waals surface area contributed by atoms with Gasteiger partial charge in [-0.1, -0.05) is 36.8 Å². The molecule has 1 aromatic carbocycles. The largest absolute Gasteiger partial charge is 0.352 e. The molecule has 2 N–H and O–H groups in total. The van der Waals surface area contributed by atoms with E-state index in [4.69, 9.17) is 0 Å². The summed E-state index contributed by atoms with van der Waals surface area (Å²) in [6, 6.07) is 11.5. The van der Waals surface area contributed by atoms with Gasteiger partial charge < -0.3 is 10.6 Å². The van der Waals surface area contributed by atoms with Gasteiger partial charge in [0, 0.05) is 25.2 Å². The number of carbonyl (C=O) groups is 1. The highest BCUT2D eigenvalue weighted by atomic mass is 35.5. The first-order valence-corrected chi connectivity index (χ1v) is 9.07. The molecule has 6 heteroatoms. The second-order valence-electron chi connectivity index (χ2n) is 6.91. The number of nitrogens with one attached hydrogen (secondary N) is 2. The molecule has 0 aromatic heterocycles. The molecule has 2 aliphatic rings. The topological polar surface area (TPSA) is 44.4 Å². The Bertz CT molecular complexity index is 501. The molecule has 2 aliphatic heterocycles. The molecule has 3 rings (SSSR count). The standard InChI is InChI=1S/C19H29N3O.2ClH/c1-15(16-7-3-2-4-8-16)22-13-10-17(11-14-22)21-19(23)18-9-5-6-12-20-18;;/h2-4,7-8,15,17-18,20H,5-6,9-14H2,1H3,(H,21,23);2*1H/t15?,18-;;/m1../s1. The number of benzene rings is 1. The van der Waals surface area contributed by atoms with Crippen LogP contribution >= 0.6 is 24.8 Å². The van der Waals surface area contributed by atoms with Crippen molar-refractivity contribution >= 4 is 30.7 Å². The maximum Gasteiger partial charge on any atom is 0.237 e. The van der Waals surface area contributed by atoms with Gasteiger partial charge in [0.05, 0.1) is 6.04 Å². The zero-order valence-corrected chi connectivity index (χ0v) is 16.6. The quantitative estimate of drug-likeness (QED) is 0.832. The average Bonchev–Trinajstić information content (AvgIpc) is 2.63. The van der Waals surface area contributed by atoms with Crippen molar-refractivity contribution in [3.63, 3.8) is 0 Å². The van der Waals surface area contributed by atoms with Crippen LogP contribution in [0.4, 0.5) is 0 Å². The van der Waals surface area contributed by atoms with Crippen molar-refractivity contribution in [2.24, 2.45) is 0 Å². The lowest BCUT2D eigenvalue weighted by atomic mass is 9.99. The summed E-state index contributed by atoms with van der Waals surface area (Å²) in [4.78, 5) is 14.8. The van der Waals surface area contributed by atoms with Gasteiger partial charge >= 0.3 is 0 Å². The van der Waals surface area contributed by atoms with E-state index in [9.17, 15) is 4.79 Å². The van der Waals surface area contributed by atoms with Crippen LogP contribution in [0, 0.1) is 0 Å². The molecule has 2 fully saturated rings. The molecule has 0 radical (unpaired) electrons. The summed E-state index contributed by atoms with van der Waals surface area (Å²) in [7, 11) is 0. The number of hydrogen-bond acceptors (Lipinski definition) is 3. The summed E-state index contributed by atoms with van der Waals surface area (Å²) in [6.45, 7) is 5.36. The van der Waals surface area contributed by atoms with Crippen LogP contribution in [0.2, 0.25) is 0 Å². The van der Waals surface area contributed by atoms with E-state index in [-0.39, 0.29) is 36.8 Å². The first-order chi connectivity index (χ1) is 11.2. The minimum atomic E-state index is 0. The fourth-order valence-corrected chi connectivity index (χ4v) is 3.75. The van der Waals surface area contributed by atoms with Crippen molar-refractivity contribution in [2.75, 3.05) is 19.6 Å². The predicted octanol–water partition coefficient (Wildman–Crippen LogP) is 3.31. The Hall–Kier alpha value is -0.810. The van der Waals surface area contributed by atoms with Gasteiger partial charge in [-0.05, 0) is 44.7 Å². The molecule has 1 amide bonds. The zero-order valence-electron chi connectivity index (χ0n) is 14.9. The highest BCUT2D eigenvalue weighted by molar-refractivity contribution is 5.85. The second-order valence-corrected chi connectivity index (χ2v) is 6.91. The first kappa shape index (κ1) is 22.2. The third-order valence-electron chi connectivity index (χ3n) is 5.33. The van der Waals surface area contributed by atoms with Crippen molar-refractivity contribution in [3.8, 4) is 0 Å². The van der Waals surface area contributed by atoms with Gasteiger partial charge in [0.25, 0.3) is 0 Å². The number of rotatable bonds is 4. The zero-order chi connectivity index (χ0) is 16.1. The number of piperidine rings is 2. The number of carbonyl (C=O) groups excluding carboxylic acids is 1. The molecular weight excluding hydrogens is 357 g/mol. The summed E-state index contributed by atoms with van der Waals surface area (Å²) in [6.07, 6.45) is 5.44. The lowest BCUT2D eigenvalue weighted by molar-refractivity contribution is -0.124. The lowest BCUT2D eigenvalue weighted by Gasteiger charge is -2.37. The van der Waals surface area contributed by atoms with E-state index in [0.29, 0.717) is 12.1 Å². The maximum absolute atomic E-state index is 12.3. The fourth-order valence-electron chi connectivity index (χ4n) is 3.75. The fraction of sp³-hybridized carbons (Fsp3) is 0.632. The molecule has 2 atom stereocenters. The SMILES string of the molecule is CC(c1ccccc1)N1CCC(NC(=O)[C@H]2CCCCN2)CC1.Cl.Cl. The minimum absolute atomic E-state index is 0. The van der Waals surface area contributed by atoms with Crippen molar-refractivity contribution in [3.05, 3.63) is 35.9 Å². The van der Waals surface area contributed by atoms with E-state index in [2.05, 4.69) is 52.8 Å². The maximum atomic E-state index is 12.3. The number of halogens is 2. The van der Waals surface area contributed by atoms with Gasteiger partial charge in [-0.3, -0.25) is 9.69 Å². The average molecular weight is 388 g/mol. The van der Waals surface area contributed by atoms with Crippen LogP contribution in [0.3, 0.4) is 0 Å². The van der Waals surface area contributed by atoms with Crippen LogP contribution in [-0.4, -0.2) is 42.5 Å². The van der Waals surface area contributed by atoms with Crippen molar-refractivity contribution in [1.82, 2.24) is 15.5 Å². The summed E-state index contributed by atoms with van der Waals surface area (Å²) < 4.78 is 0. The van der Waals surface area contributed by atoms with E-state index in [1.54, 1.807) is 0 Å². The molecule has 1 aromatic rings. The van der Waals surface area contributed by atoms with Crippen LogP contribution in [0.15, 0.2) is 30.3 Å². The number of hydrogen-bond donors (Lipinski definition) is 2. The molecule has 0 saturated carbocycles. The normalized spacial score (nSPS) is 23.0. The van der Waals surface area contributed by atoms with Crippen molar-refractivity contribution < 1.29 is 4.79 Å². The highest BCUT2D eigenvalue weighted by Crippen LogP contribution is 2.24. The van der Waals surface area contributed by atoms with Gasteiger partial charge in [-0.15, -0.1) is 24.8 Å². The summed E-state index contributed by atoms with van der Waals surface area (Å²) in [5.41, 5.74) is 1.38. The Morgan fingerprint density at radius 2 is 1.80 bits per heavy atom. The Labute approximate surface area is 163 Å². The highest BCUT2D eigenvalue weighted by Gasteiger charge is 2.27. The molecule has 0 bridgehead atoms. The Morgan fingerprint density at radius 3 is 2.40 bits per heavy atom.